The number of amides is 2. The lowest BCUT2D eigenvalue weighted by Gasteiger charge is -2.25. The van der Waals surface area contributed by atoms with Crippen molar-refractivity contribution >= 4 is 28.4 Å². The van der Waals surface area contributed by atoms with Crippen molar-refractivity contribution in [3.05, 3.63) is 36.5 Å². The Morgan fingerprint density at radius 3 is 2.32 bits per heavy atom. The predicted octanol–water partition coefficient (Wildman–Crippen LogP) is 3.63. The summed E-state index contributed by atoms with van der Waals surface area (Å²) in [6.45, 7) is 7.57. The van der Waals surface area contributed by atoms with Crippen LogP contribution in [0.4, 0.5) is 5.69 Å². The molecule has 0 radical (unpaired) electrons. The molecule has 5 nitrogen and oxygen atoms in total. The number of hydrogen-bond donors (Lipinski definition) is 0. The first-order chi connectivity index (χ1) is 12.1. The maximum Gasteiger partial charge on any atom is 0.224 e. The maximum atomic E-state index is 12.5. The number of anilines is 1. The third kappa shape index (κ3) is 4.78. The van der Waals surface area contributed by atoms with Crippen molar-refractivity contribution in [3.63, 3.8) is 0 Å². The first-order valence-electron chi connectivity index (χ1n) is 8.98. The smallest absolute Gasteiger partial charge is 0.224 e. The molecule has 0 atom stereocenters. The molecule has 0 unspecified atom stereocenters. The molecule has 0 bridgehead atoms. The van der Waals surface area contributed by atoms with Gasteiger partial charge in [0, 0.05) is 44.6 Å². The van der Waals surface area contributed by atoms with Gasteiger partial charge in [-0.05, 0) is 25.0 Å². The largest absolute Gasteiger partial charge is 0.343 e. The van der Waals surface area contributed by atoms with E-state index in [2.05, 4.69) is 18.8 Å². The van der Waals surface area contributed by atoms with Gasteiger partial charge in [-0.15, -0.1) is 0 Å². The monoisotopic (exact) mass is 341 g/mol. The summed E-state index contributed by atoms with van der Waals surface area (Å²) in [5.41, 5.74) is 1.54. The maximum absolute atomic E-state index is 12.5. The van der Waals surface area contributed by atoms with Gasteiger partial charge in [0.25, 0.3) is 0 Å². The normalized spacial score (nSPS) is 10.7. The molecule has 0 N–H and O–H groups in total. The number of rotatable bonds is 8. The van der Waals surface area contributed by atoms with Crippen LogP contribution in [0.3, 0.4) is 0 Å². The number of para-hydroxylation sites is 1. The van der Waals surface area contributed by atoms with Crippen LogP contribution >= 0.6 is 0 Å². The predicted molar refractivity (Wildman–Crippen MR) is 102 cm³/mol. The molecular formula is C20H27N3O2. The first kappa shape index (κ1) is 18.9. The lowest BCUT2D eigenvalue weighted by atomic mass is 10.1. The van der Waals surface area contributed by atoms with Gasteiger partial charge in [-0.2, -0.15) is 0 Å². The lowest BCUT2D eigenvalue weighted by molar-refractivity contribution is -0.131. The molecule has 0 saturated carbocycles. The number of aromatic nitrogens is 1. The Kier molecular flexibility index (Phi) is 6.92. The van der Waals surface area contributed by atoms with E-state index in [-0.39, 0.29) is 11.8 Å². The van der Waals surface area contributed by atoms with E-state index in [0.717, 1.165) is 42.5 Å². The van der Waals surface area contributed by atoms with Crippen LogP contribution in [0.1, 0.15) is 40.0 Å². The van der Waals surface area contributed by atoms with Crippen molar-refractivity contribution in [1.29, 1.82) is 0 Å². The van der Waals surface area contributed by atoms with Crippen LogP contribution in [0.5, 0.6) is 0 Å². The molecule has 0 saturated heterocycles. The van der Waals surface area contributed by atoms with Crippen molar-refractivity contribution in [2.45, 2.75) is 40.0 Å². The summed E-state index contributed by atoms with van der Waals surface area (Å²) in [5, 5.41) is 0.983. The van der Waals surface area contributed by atoms with E-state index in [1.54, 1.807) is 11.1 Å². The number of carbonyl (C=O) groups is 2. The first-order valence-corrected chi connectivity index (χ1v) is 8.98. The average molecular weight is 341 g/mol. The summed E-state index contributed by atoms with van der Waals surface area (Å²) >= 11 is 0. The van der Waals surface area contributed by atoms with E-state index in [1.165, 1.54) is 6.92 Å². The summed E-state index contributed by atoms with van der Waals surface area (Å²) in [4.78, 5) is 32.7. The number of benzene rings is 1. The third-order valence-corrected chi connectivity index (χ3v) is 4.17. The van der Waals surface area contributed by atoms with Crippen molar-refractivity contribution < 1.29 is 9.59 Å². The van der Waals surface area contributed by atoms with Crippen molar-refractivity contribution in [1.82, 2.24) is 9.88 Å². The van der Waals surface area contributed by atoms with Gasteiger partial charge in [-0.25, -0.2) is 0 Å². The molecular weight excluding hydrogens is 314 g/mol. The number of hydrogen-bond acceptors (Lipinski definition) is 3. The van der Waals surface area contributed by atoms with Crippen LogP contribution in [0, 0.1) is 0 Å². The molecule has 1 heterocycles. The van der Waals surface area contributed by atoms with Gasteiger partial charge in [-0.3, -0.25) is 14.6 Å². The molecule has 0 fully saturated rings. The van der Waals surface area contributed by atoms with E-state index in [9.17, 15) is 9.59 Å². The second-order valence-corrected chi connectivity index (χ2v) is 6.15. The van der Waals surface area contributed by atoms with Crippen molar-refractivity contribution in [2.24, 2.45) is 0 Å². The lowest BCUT2D eigenvalue weighted by Crippen LogP contribution is -2.37. The number of fused-ring (bicyclic) bond motifs is 1. The van der Waals surface area contributed by atoms with Gasteiger partial charge in [0.05, 0.1) is 11.2 Å². The van der Waals surface area contributed by atoms with Gasteiger partial charge >= 0.3 is 0 Å². The SMILES string of the molecule is CCCN(CCC)C(=O)CCN(C(C)=O)c1cccc2cccnc12. The Bertz CT molecular complexity index is 718. The average Bonchev–Trinajstić information content (AvgIpc) is 2.61. The van der Waals surface area contributed by atoms with Crippen LogP contribution in [-0.4, -0.2) is 41.3 Å². The molecule has 0 aliphatic carbocycles. The van der Waals surface area contributed by atoms with E-state index < -0.39 is 0 Å². The van der Waals surface area contributed by atoms with Gasteiger partial charge in [0.1, 0.15) is 0 Å². The van der Waals surface area contributed by atoms with Crippen LogP contribution in [-0.2, 0) is 9.59 Å². The zero-order chi connectivity index (χ0) is 18.2. The van der Waals surface area contributed by atoms with E-state index in [0.29, 0.717) is 13.0 Å². The molecule has 25 heavy (non-hydrogen) atoms. The van der Waals surface area contributed by atoms with Gasteiger partial charge < -0.3 is 9.80 Å². The highest BCUT2D eigenvalue weighted by atomic mass is 16.2. The Morgan fingerprint density at radius 2 is 1.68 bits per heavy atom. The quantitative estimate of drug-likeness (QED) is 0.737. The van der Waals surface area contributed by atoms with Crippen molar-refractivity contribution in [2.75, 3.05) is 24.5 Å². The molecule has 0 aliphatic rings. The summed E-state index contributed by atoms with van der Waals surface area (Å²) in [6, 6.07) is 9.62. The number of nitrogens with zero attached hydrogens (tertiary/aromatic N) is 3. The number of carbonyl (C=O) groups excluding carboxylic acids is 2. The minimum atomic E-state index is -0.0801. The van der Waals surface area contributed by atoms with Gasteiger partial charge in [0.2, 0.25) is 11.8 Å². The molecule has 2 rings (SSSR count). The fourth-order valence-electron chi connectivity index (χ4n) is 3.02. The second-order valence-electron chi connectivity index (χ2n) is 6.15. The molecule has 0 spiro atoms. The van der Waals surface area contributed by atoms with Crippen molar-refractivity contribution in [3.8, 4) is 0 Å². The molecule has 2 amide bonds. The highest BCUT2D eigenvalue weighted by Crippen LogP contribution is 2.25. The van der Waals surface area contributed by atoms with Gasteiger partial charge in [0.15, 0.2) is 0 Å². The minimum absolute atomic E-state index is 0.0801. The van der Waals surface area contributed by atoms with E-state index >= 15 is 0 Å². The topological polar surface area (TPSA) is 53.5 Å². The molecule has 1 aromatic heterocycles. The molecule has 0 aliphatic heterocycles. The Labute approximate surface area is 149 Å². The Balaban J connectivity index is 2.18. The Hall–Kier alpha value is -2.43. The summed E-state index contributed by atoms with van der Waals surface area (Å²) < 4.78 is 0. The standard InChI is InChI=1S/C20H27N3O2/c1-4-13-22(14-5-2)19(25)11-15-23(16(3)24)18-10-6-8-17-9-7-12-21-20(17)18/h6-10,12H,4-5,11,13-15H2,1-3H3. The fraction of sp³-hybridized carbons (Fsp3) is 0.450. The summed E-state index contributed by atoms with van der Waals surface area (Å²) in [6.07, 6.45) is 3.92. The van der Waals surface area contributed by atoms with Crippen LogP contribution in [0.2, 0.25) is 0 Å². The molecule has 1 aromatic carbocycles. The van der Waals surface area contributed by atoms with Crippen LogP contribution < -0.4 is 4.90 Å². The third-order valence-electron chi connectivity index (χ3n) is 4.17. The fourth-order valence-corrected chi connectivity index (χ4v) is 3.02. The molecule has 5 heteroatoms. The van der Waals surface area contributed by atoms with E-state index in [4.69, 9.17) is 0 Å². The summed E-state index contributed by atoms with van der Waals surface area (Å²) in [7, 11) is 0. The highest BCUT2D eigenvalue weighted by Gasteiger charge is 2.18. The van der Waals surface area contributed by atoms with Crippen LogP contribution in [0.25, 0.3) is 10.9 Å². The highest BCUT2D eigenvalue weighted by molar-refractivity contribution is 6.01. The Morgan fingerprint density at radius 1 is 1.00 bits per heavy atom. The van der Waals surface area contributed by atoms with Crippen LogP contribution in [0.15, 0.2) is 36.5 Å². The van der Waals surface area contributed by atoms with E-state index in [1.807, 2.05) is 35.2 Å². The molecule has 2 aromatic rings. The summed E-state index contributed by atoms with van der Waals surface area (Å²) in [5.74, 6) is 0.0200. The zero-order valence-corrected chi connectivity index (χ0v) is 15.4. The second kappa shape index (κ2) is 9.16. The minimum Gasteiger partial charge on any atom is -0.343 e. The molecule has 134 valence electrons. The number of pyridine rings is 1. The zero-order valence-electron chi connectivity index (χ0n) is 15.4. The van der Waals surface area contributed by atoms with Gasteiger partial charge in [-0.1, -0.05) is 32.0 Å².